The number of nitrogens with one attached hydrogen (secondary N) is 1. The van der Waals surface area contributed by atoms with Crippen LogP contribution in [0.2, 0.25) is 0 Å². The average Bonchev–Trinajstić information content (AvgIpc) is 2.66. The summed E-state index contributed by atoms with van der Waals surface area (Å²) in [6, 6.07) is 15.5. The molecule has 2 rings (SSSR count). The van der Waals surface area contributed by atoms with Crippen LogP contribution in [0, 0.1) is 0 Å². The minimum Gasteiger partial charge on any atom is -0.493 e. The Morgan fingerprint density at radius 1 is 1.16 bits per heavy atom. The molecular weight excluding hydrogens is 336 g/mol. The Bertz CT molecular complexity index is 720. The minimum atomic E-state index is -0.192. The summed E-state index contributed by atoms with van der Waals surface area (Å²) in [5.41, 5.74) is 4.57. The lowest BCUT2D eigenvalue weighted by atomic mass is 10.2. The number of hydrogen-bond acceptors (Lipinski definition) is 5. The second kappa shape index (κ2) is 9.74. The molecule has 0 aromatic heterocycles. The molecular formula is C19H22N2O3S. The van der Waals surface area contributed by atoms with Gasteiger partial charge in [0.25, 0.3) is 5.91 Å². The van der Waals surface area contributed by atoms with Gasteiger partial charge in [0.15, 0.2) is 11.5 Å². The third kappa shape index (κ3) is 5.83. The summed E-state index contributed by atoms with van der Waals surface area (Å²) < 4.78 is 10.4. The van der Waals surface area contributed by atoms with Crippen LogP contribution in [0.4, 0.5) is 0 Å². The van der Waals surface area contributed by atoms with Crippen molar-refractivity contribution < 1.29 is 14.3 Å². The van der Waals surface area contributed by atoms with Crippen LogP contribution >= 0.6 is 11.8 Å². The molecule has 0 fully saturated rings. The molecule has 1 atom stereocenters. The van der Waals surface area contributed by atoms with Gasteiger partial charge in [0, 0.05) is 5.75 Å². The maximum atomic E-state index is 12.1. The second-order valence-corrected chi connectivity index (χ2v) is 6.62. The summed E-state index contributed by atoms with van der Waals surface area (Å²) in [5, 5.41) is 3.82. The lowest BCUT2D eigenvalue weighted by Gasteiger charge is -2.09. The predicted molar refractivity (Wildman–Crippen MR) is 102 cm³/mol. The van der Waals surface area contributed by atoms with Gasteiger partial charge in [-0.1, -0.05) is 30.3 Å². The van der Waals surface area contributed by atoms with Crippen molar-refractivity contribution in [1.82, 2.24) is 5.43 Å². The zero-order valence-electron chi connectivity index (χ0n) is 14.6. The molecule has 1 unspecified atom stereocenters. The average molecular weight is 358 g/mol. The lowest BCUT2D eigenvalue weighted by molar-refractivity contribution is -0.120. The summed E-state index contributed by atoms with van der Waals surface area (Å²) in [4.78, 5) is 12.1. The van der Waals surface area contributed by atoms with Crippen LogP contribution < -0.4 is 14.9 Å². The highest BCUT2D eigenvalue weighted by atomic mass is 32.2. The third-order valence-corrected chi connectivity index (χ3v) is 4.72. The van der Waals surface area contributed by atoms with Crippen LogP contribution in [0.3, 0.4) is 0 Å². The van der Waals surface area contributed by atoms with E-state index in [-0.39, 0.29) is 11.2 Å². The molecule has 0 aliphatic carbocycles. The van der Waals surface area contributed by atoms with Crippen LogP contribution in [0.25, 0.3) is 0 Å². The first kappa shape index (κ1) is 18.9. The molecule has 2 aromatic rings. The number of carbonyl (C=O) groups is 1. The largest absolute Gasteiger partial charge is 0.493 e. The van der Waals surface area contributed by atoms with Crippen molar-refractivity contribution in [3.63, 3.8) is 0 Å². The smallest absolute Gasteiger partial charge is 0.252 e. The Morgan fingerprint density at radius 3 is 2.56 bits per heavy atom. The molecule has 1 amide bonds. The van der Waals surface area contributed by atoms with E-state index < -0.39 is 0 Å². The van der Waals surface area contributed by atoms with Crippen LogP contribution in [0.5, 0.6) is 11.5 Å². The van der Waals surface area contributed by atoms with Crippen LogP contribution in [-0.4, -0.2) is 31.6 Å². The van der Waals surface area contributed by atoms with E-state index in [2.05, 4.69) is 10.5 Å². The first-order chi connectivity index (χ1) is 12.1. The van der Waals surface area contributed by atoms with Crippen LogP contribution in [0.1, 0.15) is 18.1 Å². The fourth-order valence-electron chi connectivity index (χ4n) is 2.07. The normalized spacial score (nSPS) is 12.0. The van der Waals surface area contributed by atoms with Crippen molar-refractivity contribution >= 4 is 23.9 Å². The molecule has 0 radical (unpaired) electrons. The summed E-state index contributed by atoms with van der Waals surface area (Å²) in [6.07, 6.45) is 1.58. The molecule has 5 nitrogen and oxygen atoms in total. The lowest BCUT2D eigenvalue weighted by Crippen LogP contribution is -2.27. The quantitative estimate of drug-likeness (QED) is 0.580. The van der Waals surface area contributed by atoms with Gasteiger partial charge in [-0.25, -0.2) is 5.43 Å². The van der Waals surface area contributed by atoms with Gasteiger partial charge in [-0.05, 0) is 36.2 Å². The molecule has 0 bridgehead atoms. The van der Waals surface area contributed by atoms with Gasteiger partial charge in [0.1, 0.15) is 0 Å². The highest BCUT2D eigenvalue weighted by Gasteiger charge is 2.12. The molecule has 0 heterocycles. The van der Waals surface area contributed by atoms with Crippen molar-refractivity contribution in [2.75, 3.05) is 14.2 Å². The number of carbonyl (C=O) groups excluding carboxylic acids is 1. The Kier molecular flexibility index (Phi) is 7.35. The van der Waals surface area contributed by atoms with E-state index in [1.165, 1.54) is 5.56 Å². The van der Waals surface area contributed by atoms with Gasteiger partial charge in [0.05, 0.1) is 25.7 Å². The molecule has 0 aliphatic rings. The van der Waals surface area contributed by atoms with Gasteiger partial charge < -0.3 is 9.47 Å². The number of thioether (sulfide) groups is 1. The Morgan fingerprint density at radius 2 is 1.88 bits per heavy atom. The van der Waals surface area contributed by atoms with Gasteiger partial charge in [-0.3, -0.25) is 4.79 Å². The summed E-state index contributed by atoms with van der Waals surface area (Å²) in [5.74, 6) is 1.92. The number of benzene rings is 2. The molecule has 0 aliphatic heterocycles. The zero-order valence-corrected chi connectivity index (χ0v) is 15.4. The molecule has 1 N–H and O–H groups in total. The Labute approximate surface area is 152 Å². The SMILES string of the molecule is COc1ccc(C=NNC(=O)C(C)SCc2ccccc2)cc1OC. The molecule has 0 saturated heterocycles. The molecule has 6 heteroatoms. The van der Waals surface area contributed by atoms with Crippen molar-refractivity contribution in [3.8, 4) is 11.5 Å². The third-order valence-electron chi connectivity index (χ3n) is 3.51. The molecule has 0 spiro atoms. The summed E-state index contributed by atoms with van der Waals surface area (Å²) in [7, 11) is 3.16. The molecule has 0 saturated carbocycles. The maximum Gasteiger partial charge on any atom is 0.252 e. The monoisotopic (exact) mass is 358 g/mol. The van der Waals surface area contributed by atoms with Crippen molar-refractivity contribution in [1.29, 1.82) is 0 Å². The van der Waals surface area contributed by atoms with E-state index in [0.29, 0.717) is 11.5 Å². The highest BCUT2D eigenvalue weighted by molar-refractivity contribution is 7.99. The van der Waals surface area contributed by atoms with E-state index in [1.54, 1.807) is 44.3 Å². The first-order valence-corrected chi connectivity index (χ1v) is 8.89. The molecule has 2 aromatic carbocycles. The van der Waals surface area contributed by atoms with E-state index >= 15 is 0 Å². The van der Waals surface area contributed by atoms with Gasteiger partial charge >= 0.3 is 0 Å². The fourth-order valence-corrected chi connectivity index (χ4v) is 2.90. The van der Waals surface area contributed by atoms with E-state index in [9.17, 15) is 4.79 Å². The van der Waals surface area contributed by atoms with Crippen molar-refractivity contribution in [3.05, 3.63) is 59.7 Å². The van der Waals surface area contributed by atoms with Crippen LogP contribution in [0.15, 0.2) is 53.6 Å². The number of methoxy groups -OCH3 is 2. The number of amides is 1. The Hall–Kier alpha value is -2.47. The van der Waals surface area contributed by atoms with Crippen molar-refractivity contribution in [2.45, 2.75) is 17.9 Å². The second-order valence-electron chi connectivity index (χ2n) is 5.29. The maximum absolute atomic E-state index is 12.1. The summed E-state index contributed by atoms with van der Waals surface area (Å²) in [6.45, 7) is 1.87. The van der Waals surface area contributed by atoms with Gasteiger partial charge in [0.2, 0.25) is 0 Å². The van der Waals surface area contributed by atoms with Crippen LogP contribution in [-0.2, 0) is 10.5 Å². The topological polar surface area (TPSA) is 59.9 Å². The zero-order chi connectivity index (χ0) is 18.1. The highest BCUT2D eigenvalue weighted by Crippen LogP contribution is 2.26. The van der Waals surface area contributed by atoms with Gasteiger partial charge in [-0.2, -0.15) is 5.10 Å². The van der Waals surface area contributed by atoms with Gasteiger partial charge in [-0.15, -0.1) is 11.8 Å². The predicted octanol–water partition coefficient (Wildman–Crippen LogP) is 3.48. The number of ether oxygens (including phenoxy) is 2. The van der Waals surface area contributed by atoms with Crippen molar-refractivity contribution in [2.24, 2.45) is 5.10 Å². The number of rotatable bonds is 8. The molecule has 132 valence electrons. The van der Waals surface area contributed by atoms with E-state index in [0.717, 1.165) is 11.3 Å². The number of hydrogen-bond donors (Lipinski definition) is 1. The van der Waals surface area contributed by atoms with E-state index in [1.807, 2.05) is 43.3 Å². The first-order valence-electron chi connectivity index (χ1n) is 7.84. The fraction of sp³-hybridized carbons (Fsp3) is 0.263. The molecule has 25 heavy (non-hydrogen) atoms. The minimum absolute atomic E-state index is 0.127. The Balaban J connectivity index is 1.85. The number of hydrazone groups is 1. The van der Waals surface area contributed by atoms with E-state index in [4.69, 9.17) is 9.47 Å². The summed E-state index contributed by atoms with van der Waals surface area (Å²) >= 11 is 1.57. The standard InChI is InChI=1S/C19H22N2O3S/c1-14(25-13-15-7-5-4-6-8-15)19(22)21-20-12-16-9-10-17(23-2)18(11-16)24-3/h4-12,14H,13H2,1-3H3,(H,21,22). The number of nitrogens with zero attached hydrogens (tertiary/aromatic N) is 1.